The van der Waals surface area contributed by atoms with Crippen molar-refractivity contribution >= 4 is 28.9 Å². The van der Waals surface area contributed by atoms with Gasteiger partial charge in [-0.15, -0.1) is 0 Å². The molecule has 3 aromatic rings. The van der Waals surface area contributed by atoms with Crippen molar-refractivity contribution in [2.45, 2.75) is 0 Å². The Morgan fingerprint density at radius 2 is 1.83 bits per heavy atom. The molecule has 1 fully saturated rings. The fourth-order valence-electron chi connectivity index (χ4n) is 3.01. The van der Waals surface area contributed by atoms with Crippen LogP contribution in [0.5, 0.6) is 0 Å². The van der Waals surface area contributed by atoms with E-state index in [1.165, 1.54) is 0 Å². The van der Waals surface area contributed by atoms with Crippen molar-refractivity contribution in [2.24, 2.45) is 0 Å². The van der Waals surface area contributed by atoms with Crippen LogP contribution >= 0.6 is 0 Å². The first kappa shape index (κ1) is 14.9. The largest absolute Gasteiger partial charge is 0.354 e. The SMILES string of the molecule is CN1CCN(c2ccc(/C=C/c3n[nH]c4ccccc34)cn2)CC1. The van der Waals surface area contributed by atoms with Gasteiger partial charge in [-0.05, 0) is 36.9 Å². The van der Waals surface area contributed by atoms with Crippen LogP contribution in [0.25, 0.3) is 23.1 Å². The van der Waals surface area contributed by atoms with Crippen LogP contribution in [0, 0.1) is 0 Å². The number of hydrogen-bond acceptors (Lipinski definition) is 4. The molecule has 5 nitrogen and oxygen atoms in total. The van der Waals surface area contributed by atoms with Gasteiger partial charge in [0.25, 0.3) is 0 Å². The molecule has 4 rings (SSSR count). The number of aromatic amines is 1. The average molecular weight is 319 g/mol. The molecule has 1 N–H and O–H groups in total. The van der Waals surface area contributed by atoms with E-state index < -0.39 is 0 Å². The molecule has 0 atom stereocenters. The molecule has 0 radical (unpaired) electrons. The van der Waals surface area contributed by atoms with Crippen molar-refractivity contribution in [3.63, 3.8) is 0 Å². The molecule has 0 unspecified atom stereocenters. The molecule has 0 saturated carbocycles. The summed E-state index contributed by atoms with van der Waals surface area (Å²) < 4.78 is 0. The first-order chi connectivity index (χ1) is 11.8. The molecule has 5 heteroatoms. The minimum Gasteiger partial charge on any atom is -0.354 e. The number of para-hydroxylation sites is 1. The summed E-state index contributed by atoms with van der Waals surface area (Å²) in [5.41, 5.74) is 3.09. The van der Waals surface area contributed by atoms with E-state index in [1.54, 1.807) is 0 Å². The Morgan fingerprint density at radius 3 is 2.62 bits per heavy atom. The van der Waals surface area contributed by atoms with E-state index in [-0.39, 0.29) is 0 Å². The summed E-state index contributed by atoms with van der Waals surface area (Å²) in [5, 5.41) is 8.55. The number of anilines is 1. The Bertz CT molecular complexity index is 842. The van der Waals surface area contributed by atoms with Crippen LogP contribution in [0.4, 0.5) is 5.82 Å². The van der Waals surface area contributed by atoms with Gasteiger partial charge in [-0.25, -0.2) is 4.98 Å². The van der Waals surface area contributed by atoms with Crippen LogP contribution in [-0.2, 0) is 0 Å². The molecule has 1 saturated heterocycles. The Labute approximate surface area is 141 Å². The van der Waals surface area contributed by atoms with Gasteiger partial charge in [-0.3, -0.25) is 5.10 Å². The van der Waals surface area contributed by atoms with E-state index in [1.807, 2.05) is 30.5 Å². The second-order valence-electron chi connectivity index (χ2n) is 6.23. The van der Waals surface area contributed by atoms with Gasteiger partial charge in [0.15, 0.2) is 0 Å². The van der Waals surface area contributed by atoms with Crippen molar-refractivity contribution in [1.29, 1.82) is 0 Å². The highest BCUT2D eigenvalue weighted by atomic mass is 15.3. The van der Waals surface area contributed by atoms with Crippen molar-refractivity contribution in [1.82, 2.24) is 20.1 Å². The van der Waals surface area contributed by atoms with Gasteiger partial charge in [-0.2, -0.15) is 5.10 Å². The van der Waals surface area contributed by atoms with E-state index in [4.69, 9.17) is 0 Å². The fourth-order valence-corrected chi connectivity index (χ4v) is 3.01. The number of hydrogen-bond donors (Lipinski definition) is 1. The third-order valence-electron chi connectivity index (χ3n) is 4.53. The van der Waals surface area contributed by atoms with Crippen LogP contribution in [-0.4, -0.2) is 53.3 Å². The standard InChI is InChI=1S/C19H21N5/c1-23-10-12-24(13-11-23)19-9-7-15(14-20-19)6-8-18-16-4-2-3-5-17(16)21-22-18/h2-9,14H,10-13H2,1H3,(H,21,22)/b8-6+. The monoisotopic (exact) mass is 319 g/mol. The van der Waals surface area contributed by atoms with Gasteiger partial charge in [0.1, 0.15) is 5.82 Å². The fraction of sp³-hybridized carbons (Fsp3) is 0.263. The Morgan fingerprint density at radius 1 is 1.00 bits per heavy atom. The molecule has 24 heavy (non-hydrogen) atoms. The zero-order valence-electron chi connectivity index (χ0n) is 13.8. The molecular weight excluding hydrogens is 298 g/mol. The van der Waals surface area contributed by atoms with Gasteiger partial charge in [-0.1, -0.05) is 24.3 Å². The lowest BCUT2D eigenvalue weighted by molar-refractivity contribution is 0.312. The normalized spacial score (nSPS) is 16.3. The minimum absolute atomic E-state index is 0.953. The molecule has 1 aliphatic rings. The molecule has 1 aromatic carbocycles. The first-order valence-electron chi connectivity index (χ1n) is 8.30. The maximum Gasteiger partial charge on any atom is 0.128 e. The number of H-pyrrole nitrogens is 1. The maximum absolute atomic E-state index is 4.62. The maximum atomic E-state index is 4.62. The summed E-state index contributed by atoms with van der Waals surface area (Å²) in [6.07, 6.45) is 6.02. The average Bonchev–Trinajstić information content (AvgIpc) is 3.04. The van der Waals surface area contributed by atoms with Crippen molar-refractivity contribution in [3.8, 4) is 0 Å². The molecule has 3 heterocycles. The van der Waals surface area contributed by atoms with Gasteiger partial charge in [0.2, 0.25) is 0 Å². The van der Waals surface area contributed by atoms with E-state index in [9.17, 15) is 0 Å². The van der Waals surface area contributed by atoms with Crippen molar-refractivity contribution in [3.05, 3.63) is 53.9 Å². The molecular formula is C19H21N5. The Balaban J connectivity index is 1.49. The lowest BCUT2D eigenvalue weighted by Crippen LogP contribution is -2.44. The smallest absolute Gasteiger partial charge is 0.128 e. The molecule has 0 bridgehead atoms. The van der Waals surface area contributed by atoms with E-state index >= 15 is 0 Å². The number of benzene rings is 1. The lowest BCUT2D eigenvalue weighted by Gasteiger charge is -2.33. The number of piperazine rings is 1. The summed E-state index contributed by atoms with van der Waals surface area (Å²) >= 11 is 0. The third-order valence-corrected chi connectivity index (χ3v) is 4.53. The van der Waals surface area contributed by atoms with Crippen molar-refractivity contribution < 1.29 is 0 Å². The predicted molar refractivity (Wildman–Crippen MR) is 99.0 cm³/mol. The summed E-state index contributed by atoms with van der Waals surface area (Å²) in [4.78, 5) is 9.31. The number of fused-ring (bicyclic) bond motifs is 1. The molecule has 0 aliphatic carbocycles. The van der Waals surface area contributed by atoms with Crippen LogP contribution in [0.3, 0.4) is 0 Å². The first-order valence-corrected chi connectivity index (χ1v) is 8.30. The number of pyridine rings is 1. The van der Waals surface area contributed by atoms with Crippen LogP contribution in [0.15, 0.2) is 42.6 Å². The number of likely N-dealkylation sites (N-methyl/N-ethyl adjacent to an activating group) is 1. The summed E-state index contributed by atoms with van der Waals surface area (Å²) in [6.45, 7) is 4.26. The third kappa shape index (κ3) is 3.03. The molecule has 1 aliphatic heterocycles. The zero-order valence-corrected chi connectivity index (χ0v) is 13.8. The second-order valence-corrected chi connectivity index (χ2v) is 6.23. The zero-order chi connectivity index (χ0) is 16.4. The summed E-state index contributed by atoms with van der Waals surface area (Å²) in [7, 11) is 2.16. The van der Waals surface area contributed by atoms with E-state index in [2.05, 4.69) is 56.3 Å². The van der Waals surface area contributed by atoms with Crippen LogP contribution in [0.1, 0.15) is 11.3 Å². The molecule has 2 aromatic heterocycles. The van der Waals surface area contributed by atoms with Crippen LogP contribution in [0.2, 0.25) is 0 Å². The molecule has 0 spiro atoms. The number of nitrogens with one attached hydrogen (secondary N) is 1. The number of nitrogens with zero attached hydrogens (tertiary/aromatic N) is 4. The highest BCUT2D eigenvalue weighted by molar-refractivity contribution is 5.89. The highest BCUT2D eigenvalue weighted by Gasteiger charge is 2.14. The quantitative estimate of drug-likeness (QED) is 0.806. The van der Waals surface area contributed by atoms with Gasteiger partial charge >= 0.3 is 0 Å². The highest BCUT2D eigenvalue weighted by Crippen LogP contribution is 2.18. The van der Waals surface area contributed by atoms with Gasteiger partial charge in [0.05, 0.1) is 11.2 Å². The van der Waals surface area contributed by atoms with Gasteiger partial charge in [0, 0.05) is 37.8 Å². The Kier molecular flexibility index (Phi) is 4.01. The lowest BCUT2D eigenvalue weighted by atomic mass is 10.2. The van der Waals surface area contributed by atoms with E-state index in [0.29, 0.717) is 0 Å². The number of rotatable bonds is 3. The topological polar surface area (TPSA) is 48.0 Å². The Hall–Kier alpha value is -2.66. The molecule has 0 amide bonds. The predicted octanol–water partition coefficient (Wildman–Crippen LogP) is 2.88. The van der Waals surface area contributed by atoms with Crippen LogP contribution < -0.4 is 4.90 Å². The second kappa shape index (κ2) is 6.45. The molecule has 122 valence electrons. The van der Waals surface area contributed by atoms with Crippen molar-refractivity contribution in [2.75, 3.05) is 38.1 Å². The summed E-state index contributed by atoms with van der Waals surface area (Å²) in [5.74, 6) is 1.06. The van der Waals surface area contributed by atoms with E-state index in [0.717, 1.165) is 54.2 Å². The number of aromatic nitrogens is 3. The minimum atomic E-state index is 0.953. The van der Waals surface area contributed by atoms with Gasteiger partial charge < -0.3 is 9.80 Å². The summed E-state index contributed by atoms with van der Waals surface area (Å²) in [6, 6.07) is 12.4.